The van der Waals surface area contributed by atoms with Gasteiger partial charge in [-0.3, -0.25) is 10.5 Å². The Hall–Kier alpha value is -0.880. The van der Waals surface area contributed by atoms with Crippen molar-refractivity contribution in [1.29, 1.82) is 0 Å². The molecule has 0 aromatic carbocycles. The maximum Gasteiger partial charge on any atom is 0.0985 e. The summed E-state index contributed by atoms with van der Waals surface area (Å²) < 4.78 is 1.96. The number of hydrogen-bond donors (Lipinski definition) is 2. The SMILES string of the molecule is CCCn1ncc(Cl)c1C(NN)c1cc2c(s1)CCCC2. The number of nitrogens with one attached hydrogen (secondary N) is 1. The molecule has 2 heterocycles. The van der Waals surface area contributed by atoms with Crippen LogP contribution in [0.2, 0.25) is 5.02 Å². The Morgan fingerprint density at radius 1 is 1.48 bits per heavy atom. The number of hydrogen-bond acceptors (Lipinski definition) is 4. The number of thiophene rings is 1. The van der Waals surface area contributed by atoms with E-state index in [-0.39, 0.29) is 6.04 Å². The van der Waals surface area contributed by atoms with Gasteiger partial charge in [-0.15, -0.1) is 11.3 Å². The average Bonchev–Trinajstić information content (AvgIpc) is 3.06. The summed E-state index contributed by atoms with van der Waals surface area (Å²) in [6.07, 6.45) is 7.69. The molecule has 0 aliphatic heterocycles. The summed E-state index contributed by atoms with van der Waals surface area (Å²) in [5.74, 6) is 5.84. The third kappa shape index (κ3) is 2.88. The van der Waals surface area contributed by atoms with Crippen LogP contribution in [0.15, 0.2) is 12.3 Å². The van der Waals surface area contributed by atoms with E-state index >= 15 is 0 Å². The minimum atomic E-state index is -0.0813. The molecule has 0 bridgehead atoms. The molecule has 1 unspecified atom stereocenters. The second-order valence-electron chi connectivity index (χ2n) is 5.50. The van der Waals surface area contributed by atoms with Gasteiger partial charge in [0.25, 0.3) is 0 Å². The third-order valence-electron chi connectivity index (χ3n) is 4.01. The average molecular weight is 325 g/mol. The molecule has 0 radical (unpaired) electrons. The lowest BCUT2D eigenvalue weighted by Gasteiger charge is -2.17. The molecule has 1 atom stereocenters. The number of nitrogens with zero attached hydrogens (tertiary/aromatic N) is 2. The lowest BCUT2D eigenvalue weighted by atomic mass is 9.98. The van der Waals surface area contributed by atoms with Crippen LogP contribution in [0.5, 0.6) is 0 Å². The number of aryl methyl sites for hydroxylation is 3. The fourth-order valence-corrected chi connectivity index (χ4v) is 4.57. The Balaban J connectivity index is 1.98. The Morgan fingerprint density at radius 3 is 3.00 bits per heavy atom. The molecular formula is C15H21ClN4S. The molecule has 1 aliphatic carbocycles. The number of fused-ring (bicyclic) bond motifs is 1. The van der Waals surface area contributed by atoms with Crippen molar-refractivity contribution < 1.29 is 0 Å². The zero-order valence-electron chi connectivity index (χ0n) is 12.2. The van der Waals surface area contributed by atoms with Crippen molar-refractivity contribution in [2.45, 2.75) is 51.6 Å². The van der Waals surface area contributed by atoms with Crippen LogP contribution < -0.4 is 11.3 Å². The van der Waals surface area contributed by atoms with Crippen molar-refractivity contribution in [3.05, 3.63) is 38.3 Å². The molecule has 0 saturated carbocycles. The molecule has 0 fully saturated rings. The first kappa shape index (κ1) is 15.0. The molecule has 0 saturated heterocycles. The molecule has 0 amide bonds. The van der Waals surface area contributed by atoms with E-state index in [0.29, 0.717) is 5.02 Å². The fraction of sp³-hybridized carbons (Fsp3) is 0.533. The summed E-state index contributed by atoms with van der Waals surface area (Å²) in [5.41, 5.74) is 5.39. The van der Waals surface area contributed by atoms with Gasteiger partial charge in [0, 0.05) is 16.3 Å². The lowest BCUT2D eigenvalue weighted by molar-refractivity contribution is 0.524. The molecule has 2 aromatic heterocycles. The van der Waals surface area contributed by atoms with Gasteiger partial charge in [0.05, 0.1) is 23.0 Å². The minimum Gasteiger partial charge on any atom is -0.270 e. The van der Waals surface area contributed by atoms with Gasteiger partial charge < -0.3 is 0 Å². The number of hydrazine groups is 1. The van der Waals surface area contributed by atoms with Gasteiger partial charge in [-0.2, -0.15) is 5.10 Å². The standard InChI is InChI=1S/C15H21ClN4S/c1-2-7-20-15(11(16)9-18-20)14(19-17)13-8-10-5-3-4-6-12(10)21-13/h8-9,14,19H,2-7,17H2,1H3. The maximum atomic E-state index is 6.36. The first-order valence-corrected chi connectivity index (χ1v) is 8.72. The molecule has 4 nitrogen and oxygen atoms in total. The van der Waals surface area contributed by atoms with Crippen molar-refractivity contribution in [3.63, 3.8) is 0 Å². The first-order chi connectivity index (χ1) is 10.2. The van der Waals surface area contributed by atoms with Crippen LogP contribution >= 0.6 is 22.9 Å². The Morgan fingerprint density at radius 2 is 2.29 bits per heavy atom. The highest BCUT2D eigenvalue weighted by molar-refractivity contribution is 7.12. The Kier molecular flexibility index (Phi) is 4.64. The van der Waals surface area contributed by atoms with Gasteiger partial charge >= 0.3 is 0 Å². The van der Waals surface area contributed by atoms with Crippen molar-refractivity contribution in [2.75, 3.05) is 0 Å². The van der Waals surface area contributed by atoms with E-state index in [0.717, 1.165) is 18.7 Å². The Labute approximate surface area is 134 Å². The molecule has 3 N–H and O–H groups in total. The quantitative estimate of drug-likeness (QED) is 0.654. The molecule has 2 aromatic rings. The summed E-state index contributed by atoms with van der Waals surface area (Å²) in [7, 11) is 0. The van der Waals surface area contributed by atoms with Gasteiger partial charge in [-0.1, -0.05) is 18.5 Å². The largest absolute Gasteiger partial charge is 0.270 e. The second kappa shape index (κ2) is 6.48. The van der Waals surface area contributed by atoms with Gasteiger partial charge in [-0.25, -0.2) is 5.43 Å². The zero-order valence-corrected chi connectivity index (χ0v) is 13.8. The van der Waals surface area contributed by atoms with Gasteiger partial charge in [0.15, 0.2) is 0 Å². The van der Waals surface area contributed by atoms with Crippen LogP contribution in [0.1, 0.15) is 53.2 Å². The molecule has 114 valence electrons. The van der Waals surface area contributed by atoms with Crippen LogP contribution in [0, 0.1) is 0 Å². The van der Waals surface area contributed by atoms with E-state index in [4.69, 9.17) is 17.4 Å². The predicted molar refractivity (Wildman–Crippen MR) is 87.7 cm³/mol. The van der Waals surface area contributed by atoms with Crippen LogP contribution in [-0.4, -0.2) is 9.78 Å². The summed E-state index contributed by atoms with van der Waals surface area (Å²) in [6, 6.07) is 2.21. The van der Waals surface area contributed by atoms with Crippen molar-refractivity contribution in [1.82, 2.24) is 15.2 Å². The van der Waals surface area contributed by atoms with Crippen molar-refractivity contribution in [3.8, 4) is 0 Å². The van der Waals surface area contributed by atoms with E-state index < -0.39 is 0 Å². The summed E-state index contributed by atoms with van der Waals surface area (Å²) >= 11 is 8.22. The molecule has 21 heavy (non-hydrogen) atoms. The Bertz CT molecular complexity index is 596. The van der Waals surface area contributed by atoms with E-state index in [1.165, 1.54) is 41.0 Å². The molecule has 3 rings (SSSR count). The molecular weight excluding hydrogens is 304 g/mol. The van der Waals surface area contributed by atoms with Crippen LogP contribution in [0.4, 0.5) is 0 Å². The molecule has 1 aliphatic rings. The van der Waals surface area contributed by atoms with Gasteiger partial charge in [0.1, 0.15) is 0 Å². The van der Waals surface area contributed by atoms with E-state index in [1.807, 2.05) is 16.0 Å². The summed E-state index contributed by atoms with van der Waals surface area (Å²) in [5, 5.41) is 5.05. The zero-order chi connectivity index (χ0) is 14.8. The highest BCUT2D eigenvalue weighted by Crippen LogP contribution is 2.36. The maximum absolute atomic E-state index is 6.36. The number of nitrogens with two attached hydrogens (primary N) is 1. The highest BCUT2D eigenvalue weighted by Gasteiger charge is 2.24. The summed E-state index contributed by atoms with van der Waals surface area (Å²) in [4.78, 5) is 2.75. The molecule has 0 spiro atoms. The van der Waals surface area contributed by atoms with E-state index in [9.17, 15) is 0 Å². The minimum absolute atomic E-state index is 0.0813. The fourth-order valence-electron chi connectivity index (χ4n) is 3.00. The van der Waals surface area contributed by atoms with E-state index in [1.54, 1.807) is 6.20 Å². The van der Waals surface area contributed by atoms with Gasteiger partial charge in [-0.05, 0) is 43.7 Å². The van der Waals surface area contributed by atoms with E-state index in [2.05, 4.69) is 23.5 Å². The van der Waals surface area contributed by atoms with Gasteiger partial charge in [0.2, 0.25) is 0 Å². The van der Waals surface area contributed by atoms with Crippen LogP contribution in [-0.2, 0) is 19.4 Å². The van der Waals surface area contributed by atoms with Crippen molar-refractivity contribution in [2.24, 2.45) is 5.84 Å². The smallest absolute Gasteiger partial charge is 0.0985 e. The van der Waals surface area contributed by atoms with Crippen LogP contribution in [0.25, 0.3) is 0 Å². The van der Waals surface area contributed by atoms with Crippen LogP contribution in [0.3, 0.4) is 0 Å². The lowest BCUT2D eigenvalue weighted by Crippen LogP contribution is -2.30. The normalized spacial score (nSPS) is 16.0. The summed E-state index contributed by atoms with van der Waals surface area (Å²) in [6.45, 7) is 2.99. The second-order valence-corrected chi connectivity index (χ2v) is 7.08. The van der Waals surface area contributed by atoms with Crippen molar-refractivity contribution >= 4 is 22.9 Å². The highest BCUT2D eigenvalue weighted by atomic mass is 35.5. The molecule has 6 heteroatoms. The first-order valence-electron chi connectivity index (χ1n) is 7.53. The topological polar surface area (TPSA) is 55.9 Å². The third-order valence-corrected chi connectivity index (χ3v) is 5.60. The number of aromatic nitrogens is 2. The number of halogens is 1. The predicted octanol–water partition coefficient (Wildman–Crippen LogP) is 3.44. The monoisotopic (exact) mass is 324 g/mol. The number of rotatable bonds is 5.